The predicted octanol–water partition coefficient (Wildman–Crippen LogP) is 5.15. The summed E-state index contributed by atoms with van der Waals surface area (Å²) in [6.45, 7) is 3.28. The second kappa shape index (κ2) is 9.38. The number of hydrogen-bond acceptors (Lipinski definition) is 5. The van der Waals surface area contributed by atoms with Crippen molar-refractivity contribution >= 4 is 22.5 Å². The topological polar surface area (TPSA) is 67.3 Å². The second-order valence-corrected chi connectivity index (χ2v) is 8.35. The quantitative estimate of drug-likeness (QED) is 0.451. The standard InChI is InChI=1S/C27H26N4O2/c1-33-24-9-5-20(6-10-24)25-11-7-22(17-29-25)27(32)30-23-8-4-21-14-19(16-28-26(21)15-23)18-31-12-2-3-13-31/h4-11,14-17H,2-3,12-13,18H2,1H3,(H,30,32). The van der Waals surface area contributed by atoms with Gasteiger partial charge in [-0.3, -0.25) is 19.7 Å². The number of pyridine rings is 2. The first kappa shape index (κ1) is 21.1. The Morgan fingerprint density at radius 1 is 0.970 bits per heavy atom. The number of hydrogen-bond donors (Lipinski definition) is 1. The molecule has 0 aliphatic carbocycles. The van der Waals surface area contributed by atoms with Gasteiger partial charge in [0.25, 0.3) is 5.91 Å². The van der Waals surface area contributed by atoms with E-state index in [0.29, 0.717) is 11.3 Å². The molecular formula is C27H26N4O2. The number of carbonyl (C=O) groups is 1. The third-order valence-corrected chi connectivity index (χ3v) is 6.01. The van der Waals surface area contributed by atoms with Crippen LogP contribution in [0.1, 0.15) is 28.8 Å². The largest absolute Gasteiger partial charge is 0.497 e. The zero-order valence-corrected chi connectivity index (χ0v) is 18.6. The molecule has 0 bridgehead atoms. The van der Waals surface area contributed by atoms with Crippen LogP contribution < -0.4 is 10.1 Å². The van der Waals surface area contributed by atoms with Gasteiger partial charge < -0.3 is 10.1 Å². The van der Waals surface area contributed by atoms with E-state index in [-0.39, 0.29) is 5.91 Å². The van der Waals surface area contributed by atoms with E-state index in [0.717, 1.165) is 34.5 Å². The van der Waals surface area contributed by atoms with Crippen molar-refractivity contribution in [2.45, 2.75) is 19.4 Å². The Morgan fingerprint density at radius 3 is 2.52 bits per heavy atom. The van der Waals surface area contributed by atoms with E-state index >= 15 is 0 Å². The molecule has 2 aromatic carbocycles. The van der Waals surface area contributed by atoms with Crippen LogP contribution in [0.2, 0.25) is 0 Å². The van der Waals surface area contributed by atoms with Gasteiger partial charge in [-0.05, 0) is 86.1 Å². The molecule has 1 aliphatic heterocycles. The van der Waals surface area contributed by atoms with Crippen LogP contribution in [-0.4, -0.2) is 41.0 Å². The Morgan fingerprint density at radius 2 is 1.79 bits per heavy atom. The molecule has 33 heavy (non-hydrogen) atoms. The van der Waals surface area contributed by atoms with Crippen molar-refractivity contribution in [1.82, 2.24) is 14.9 Å². The van der Waals surface area contributed by atoms with Crippen molar-refractivity contribution < 1.29 is 9.53 Å². The molecule has 1 fully saturated rings. The Hall–Kier alpha value is -3.77. The fourth-order valence-electron chi connectivity index (χ4n) is 4.19. The van der Waals surface area contributed by atoms with Crippen molar-refractivity contribution in [1.29, 1.82) is 0 Å². The summed E-state index contributed by atoms with van der Waals surface area (Å²) in [4.78, 5) is 24.3. The molecule has 4 aromatic rings. The zero-order valence-electron chi connectivity index (χ0n) is 18.6. The lowest BCUT2D eigenvalue weighted by Gasteiger charge is -2.14. The number of anilines is 1. The summed E-state index contributed by atoms with van der Waals surface area (Å²) in [6.07, 6.45) is 6.10. The van der Waals surface area contributed by atoms with Gasteiger partial charge in [0.2, 0.25) is 0 Å². The highest BCUT2D eigenvalue weighted by Crippen LogP contribution is 2.23. The molecule has 0 atom stereocenters. The maximum atomic E-state index is 12.7. The first-order valence-corrected chi connectivity index (χ1v) is 11.2. The molecule has 1 saturated heterocycles. The first-order valence-electron chi connectivity index (χ1n) is 11.2. The van der Waals surface area contributed by atoms with Gasteiger partial charge in [-0.1, -0.05) is 6.07 Å². The normalized spacial score (nSPS) is 13.8. The van der Waals surface area contributed by atoms with Crippen molar-refractivity contribution in [3.05, 3.63) is 84.2 Å². The van der Waals surface area contributed by atoms with Crippen molar-refractivity contribution in [3.8, 4) is 17.0 Å². The van der Waals surface area contributed by atoms with Crippen LogP contribution in [0.5, 0.6) is 5.75 Å². The monoisotopic (exact) mass is 438 g/mol. The van der Waals surface area contributed by atoms with Gasteiger partial charge in [0.1, 0.15) is 5.75 Å². The third kappa shape index (κ3) is 4.86. The molecule has 3 heterocycles. The number of rotatable bonds is 6. The number of fused-ring (bicyclic) bond motifs is 1. The number of nitrogens with one attached hydrogen (secondary N) is 1. The van der Waals surface area contributed by atoms with Gasteiger partial charge in [-0.2, -0.15) is 0 Å². The smallest absolute Gasteiger partial charge is 0.257 e. The van der Waals surface area contributed by atoms with Crippen LogP contribution in [0, 0.1) is 0 Å². The molecule has 1 N–H and O–H groups in total. The van der Waals surface area contributed by atoms with Crippen LogP contribution in [0.4, 0.5) is 5.69 Å². The maximum absolute atomic E-state index is 12.7. The van der Waals surface area contributed by atoms with E-state index in [4.69, 9.17) is 4.74 Å². The minimum absolute atomic E-state index is 0.200. The van der Waals surface area contributed by atoms with Gasteiger partial charge in [0.15, 0.2) is 0 Å². The molecule has 5 rings (SSSR count). The van der Waals surface area contributed by atoms with E-state index in [1.807, 2.05) is 54.7 Å². The number of likely N-dealkylation sites (tertiary alicyclic amines) is 1. The highest BCUT2D eigenvalue weighted by molar-refractivity contribution is 6.05. The lowest BCUT2D eigenvalue weighted by Crippen LogP contribution is -2.18. The minimum Gasteiger partial charge on any atom is -0.497 e. The number of methoxy groups -OCH3 is 1. The van der Waals surface area contributed by atoms with Crippen molar-refractivity contribution in [2.75, 3.05) is 25.5 Å². The zero-order chi connectivity index (χ0) is 22.6. The first-order chi connectivity index (χ1) is 16.2. The third-order valence-electron chi connectivity index (χ3n) is 6.01. The number of amides is 1. The molecule has 1 amide bonds. The van der Waals surface area contributed by atoms with Crippen LogP contribution >= 0.6 is 0 Å². The molecule has 6 heteroatoms. The van der Waals surface area contributed by atoms with Gasteiger partial charge in [0, 0.05) is 35.6 Å². The summed E-state index contributed by atoms with van der Waals surface area (Å²) in [5, 5.41) is 4.03. The van der Waals surface area contributed by atoms with Gasteiger partial charge in [-0.15, -0.1) is 0 Å². The van der Waals surface area contributed by atoms with Crippen LogP contribution in [0.3, 0.4) is 0 Å². The molecule has 0 radical (unpaired) electrons. The fourth-order valence-corrected chi connectivity index (χ4v) is 4.19. The van der Waals surface area contributed by atoms with Crippen LogP contribution in [-0.2, 0) is 6.54 Å². The molecule has 0 spiro atoms. The average molecular weight is 439 g/mol. The fraction of sp³-hybridized carbons (Fsp3) is 0.222. The molecule has 1 aliphatic rings. The number of nitrogens with zero attached hydrogens (tertiary/aromatic N) is 3. The Kier molecular flexibility index (Phi) is 6.00. The number of carbonyl (C=O) groups excluding carboxylic acids is 1. The summed E-state index contributed by atoms with van der Waals surface area (Å²) < 4.78 is 5.19. The molecule has 0 saturated carbocycles. The van der Waals surface area contributed by atoms with E-state index in [9.17, 15) is 4.79 Å². The lowest BCUT2D eigenvalue weighted by atomic mass is 10.1. The summed E-state index contributed by atoms with van der Waals surface area (Å²) in [5.74, 6) is 0.594. The SMILES string of the molecule is COc1ccc(-c2ccc(C(=O)Nc3ccc4cc(CN5CCCC5)cnc4c3)cn2)cc1. The molecule has 6 nitrogen and oxygen atoms in total. The van der Waals surface area contributed by atoms with Gasteiger partial charge in [-0.25, -0.2) is 0 Å². The van der Waals surface area contributed by atoms with Gasteiger partial charge >= 0.3 is 0 Å². The van der Waals surface area contributed by atoms with E-state index < -0.39 is 0 Å². The number of aromatic nitrogens is 2. The Balaban J connectivity index is 1.26. The number of benzene rings is 2. The summed E-state index contributed by atoms with van der Waals surface area (Å²) in [7, 11) is 1.64. The van der Waals surface area contributed by atoms with Crippen LogP contribution in [0.15, 0.2) is 73.1 Å². The van der Waals surface area contributed by atoms with Crippen LogP contribution in [0.25, 0.3) is 22.2 Å². The van der Waals surface area contributed by atoms with E-state index in [1.54, 1.807) is 19.4 Å². The number of ether oxygens (including phenoxy) is 1. The highest BCUT2D eigenvalue weighted by atomic mass is 16.5. The maximum Gasteiger partial charge on any atom is 0.257 e. The van der Waals surface area contributed by atoms with E-state index in [1.165, 1.54) is 31.5 Å². The Labute approximate surface area is 193 Å². The van der Waals surface area contributed by atoms with E-state index in [2.05, 4.69) is 26.3 Å². The van der Waals surface area contributed by atoms with Gasteiger partial charge in [0.05, 0.1) is 23.9 Å². The molecule has 166 valence electrons. The molecule has 2 aromatic heterocycles. The predicted molar refractivity (Wildman–Crippen MR) is 130 cm³/mol. The Bertz CT molecular complexity index is 1260. The summed E-state index contributed by atoms with van der Waals surface area (Å²) in [6, 6.07) is 19.3. The summed E-state index contributed by atoms with van der Waals surface area (Å²) >= 11 is 0. The molecule has 0 unspecified atom stereocenters. The highest BCUT2D eigenvalue weighted by Gasteiger charge is 2.13. The molecular weight excluding hydrogens is 412 g/mol. The minimum atomic E-state index is -0.200. The van der Waals surface area contributed by atoms with Crippen molar-refractivity contribution in [2.24, 2.45) is 0 Å². The average Bonchev–Trinajstić information content (AvgIpc) is 3.37. The lowest BCUT2D eigenvalue weighted by molar-refractivity contribution is 0.102. The second-order valence-electron chi connectivity index (χ2n) is 8.35. The van der Waals surface area contributed by atoms with Crippen molar-refractivity contribution in [3.63, 3.8) is 0 Å². The summed E-state index contributed by atoms with van der Waals surface area (Å²) in [5.41, 5.74) is 5.07.